The Morgan fingerprint density at radius 3 is 2.36 bits per heavy atom. The molecule has 0 aliphatic rings. The van der Waals surface area contributed by atoms with Crippen LogP contribution in [-0.2, 0) is 0 Å². The van der Waals surface area contributed by atoms with Crippen LogP contribution in [0, 0.1) is 0 Å². The van der Waals surface area contributed by atoms with Crippen LogP contribution >= 0.6 is 0 Å². The molecule has 0 unspecified atom stereocenters. The van der Waals surface area contributed by atoms with Crippen LogP contribution in [0.25, 0.3) is 0 Å². The van der Waals surface area contributed by atoms with Crippen molar-refractivity contribution in [2.75, 3.05) is 20.1 Å². The van der Waals surface area contributed by atoms with Gasteiger partial charge in [-0.1, -0.05) is 24.3 Å². The number of hydrogen-bond acceptors (Lipinski definition) is 1. The smallest absolute Gasteiger partial charge is 0.0163 e. The summed E-state index contributed by atoms with van der Waals surface area (Å²) in [6.07, 6.45) is 9.02. The molecule has 0 spiro atoms. The van der Waals surface area contributed by atoms with Gasteiger partial charge < -0.3 is 0 Å². The molecule has 0 rings (SSSR count). The predicted octanol–water partition coefficient (Wildman–Crippen LogP) is 2.24. The molecule has 62 valence electrons. The topological polar surface area (TPSA) is 3.24 Å². The van der Waals surface area contributed by atoms with E-state index in [4.69, 9.17) is 0 Å². The molecule has 0 fully saturated rings. The lowest BCUT2D eigenvalue weighted by Crippen LogP contribution is -2.17. The number of hydrogen-bond donors (Lipinski definition) is 0. The molecular weight excluding hydrogens is 134 g/mol. The molecule has 0 aliphatic carbocycles. The first-order valence-corrected chi connectivity index (χ1v) is 3.86. The summed E-state index contributed by atoms with van der Waals surface area (Å²) in [7, 11) is 2.07. The zero-order chi connectivity index (χ0) is 8.53. The van der Waals surface area contributed by atoms with Crippen molar-refractivity contribution in [3.63, 3.8) is 0 Å². The molecule has 0 heterocycles. The van der Waals surface area contributed by atoms with Crippen molar-refractivity contribution in [3.8, 4) is 0 Å². The van der Waals surface area contributed by atoms with E-state index in [0.717, 1.165) is 19.5 Å². The van der Waals surface area contributed by atoms with Crippen molar-refractivity contribution < 1.29 is 0 Å². The number of allylic oxidation sites excluding steroid dienone is 2. The summed E-state index contributed by atoms with van der Waals surface area (Å²) in [6.45, 7) is 9.22. The van der Waals surface area contributed by atoms with Gasteiger partial charge >= 0.3 is 0 Å². The van der Waals surface area contributed by atoms with Crippen LogP contribution in [0.4, 0.5) is 0 Å². The van der Waals surface area contributed by atoms with Gasteiger partial charge in [0.25, 0.3) is 0 Å². The average Bonchev–Trinajstić information content (AvgIpc) is 1.99. The molecule has 0 bridgehead atoms. The van der Waals surface area contributed by atoms with Crippen molar-refractivity contribution >= 4 is 0 Å². The monoisotopic (exact) mass is 151 g/mol. The van der Waals surface area contributed by atoms with E-state index >= 15 is 0 Å². The van der Waals surface area contributed by atoms with Crippen LogP contribution in [0.15, 0.2) is 37.5 Å². The maximum atomic E-state index is 3.66. The lowest BCUT2D eigenvalue weighted by Gasteiger charge is -2.09. The largest absolute Gasteiger partial charge is 0.299 e. The number of rotatable bonds is 6. The highest BCUT2D eigenvalue weighted by molar-refractivity contribution is 4.90. The zero-order valence-corrected chi connectivity index (χ0v) is 7.29. The highest BCUT2D eigenvalue weighted by Crippen LogP contribution is 1.86. The normalized spacial score (nSPS) is 10.7. The van der Waals surface area contributed by atoms with Crippen LogP contribution in [0.1, 0.15) is 6.42 Å². The Labute approximate surface area is 69.7 Å². The summed E-state index contributed by atoms with van der Waals surface area (Å²) in [5.41, 5.74) is 0. The van der Waals surface area contributed by atoms with Crippen molar-refractivity contribution in [2.45, 2.75) is 6.42 Å². The molecule has 0 aromatic rings. The first-order chi connectivity index (χ1) is 5.31. The molecule has 11 heavy (non-hydrogen) atoms. The second-order valence-electron chi connectivity index (χ2n) is 2.51. The lowest BCUT2D eigenvalue weighted by molar-refractivity contribution is 0.412. The Balaban J connectivity index is 3.35. The van der Waals surface area contributed by atoms with Crippen molar-refractivity contribution in [1.29, 1.82) is 0 Å². The number of likely N-dealkylation sites (N-methyl/N-ethyl adjacent to an activating group) is 1. The van der Waals surface area contributed by atoms with E-state index in [-0.39, 0.29) is 0 Å². The molecule has 0 saturated heterocycles. The van der Waals surface area contributed by atoms with Crippen molar-refractivity contribution in [1.82, 2.24) is 4.90 Å². The summed E-state index contributed by atoms with van der Waals surface area (Å²) in [5, 5.41) is 0. The van der Waals surface area contributed by atoms with Crippen LogP contribution < -0.4 is 0 Å². The second kappa shape index (κ2) is 7.29. The molecule has 0 amide bonds. The van der Waals surface area contributed by atoms with Gasteiger partial charge in [-0.2, -0.15) is 0 Å². The Morgan fingerprint density at radius 2 is 1.82 bits per heavy atom. The molecular formula is C10H17N. The van der Waals surface area contributed by atoms with Gasteiger partial charge in [0.05, 0.1) is 0 Å². The van der Waals surface area contributed by atoms with Gasteiger partial charge in [-0.15, -0.1) is 13.2 Å². The van der Waals surface area contributed by atoms with Crippen molar-refractivity contribution in [2.24, 2.45) is 0 Å². The molecule has 0 aromatic heterocycles. The molecule has 1 heteroatoms. The van der Waals surface area contributed by atoms with Gasteiger partial charge in [-0.3, -0.25) is 4.90 Å². The fraction of sp³-hybridized carbons (Fsp3) is 0.400. The fourth-order valence-electron chi connectivity index (χ4n) is 0.742. The second-order valence-corrected chi connectivity index (χ2v) is 2.51. The third kappa shape index (κ3) is 7.07. The SMILES string of the molecule is C=CC/C=C\CN(C)CC=C. The number of nitrogens with zero attached hydrogens (tertiary/aromatic N) is 1. The van der Waals surface area contributed by atoms with Gasteiger partial charge in [0, 0.05) is 13.1 Å². The van der Waals surface area contributed by atoms with Gasteiger partial charge in [0.2, 0.25) is 0 Å². The van der Waals surface area contributed by atoms with Crippen LogP contribution in [0.5, 0.6) is 0 Å². The van der Waals surface area contributed by atoms with Gasteiger partial charge in [0.1, 0.15) is 0 Å². The molecule has 0 saturated carbocycles. The minimum Gasteiger partial charge on any atom is -0.299 e. The first-order valence-electron chi connectivity index (χ1n) is 3.86. The maximum Gasteiger partial charge on any atom is 0.0163 e. The average molecular weight is 151 g/mol. The molecule has 0 radical (unpaired) electrons. The Kier molecular flexibility index (Phi) is 6.75. The van der Waals surface area contributed by atoms with E-state index in [1.54, 1.807) is 0 Å². The molecule has 1 nitrogen and oxygen atoms in total. The fourth-order valence-corrected chi connectivity index (χ4v) is 0.742. The van der Waals surface area contributed by atoms with E-state index < -0.39 is 0 Å². The highest BCUT2D eigenvalue weighted by atomic mass is 15.1. The van der Waals surface area contributed by atoms with E-state index in [1.807, 2.05) is 12.2 Å². The third-order valence-corrected chi connectivity index (χ3v) is 1.33. The minimum absolute atomic E-state index is 0.943. The van der Waals surface area contributed by atoms with Crippen LogP contribution in [0.3, 0.4) is 0 Å². The van der Waals surface area contributed by atoms with E-state index in [2.05, 4.69) is 37.3 Å². The van der Waals surface area contributed by atoms with Gasteiger partial charge in [-0.25, -0.2) is 0 Å². The predicted molar refractivity (Wildman–Crippen MR) is 51.6 cm³/mol. The van der Waals surface area contributed by atoms with E-state index in [1.165, 1.54) is 0 Å². The summed E-state index contributed by atoms with van der Waals surface area (Å²) in [4.78, 5) is 2.19. The summed E-state index contributed by atoms with van der Waals surface area (Å²) in [6, 6.07) is 0. The zero-order valence-electron chi connectivity index (χ0n) is 7.29. The maximum absolute atomic E-state index is 3.66. The van der Waals surface area contributed by atoms with E-state index in [9.17, 15) is 0 Å². The standard InChI is InChI=1S/C10H17N/c1-4-6-7-8-10-11(3)9-5-2/h4-5,7-8H,1-2,6,9-10H2,3H3/b8-7-. The summed E-state index contributed by atoms with van der Waals surface area (Å²) >= 11 is 0. The molecule has 0 aliphatic heterocycles. The van der Waals surface area contributed by atoms with Crippen molar-refractivity contribution in [3.05, 3.63) is 37.5 Å². The molecule has 0 aromatic carbocycles. The summed E-state index contributed by atoms with van der Waals surface area (Å²) in [5.74, 6) is 0. The van der Waals surface area contributed by atoms with E-state index in [0.29, 0.717) is 0 Å². The Morgan fingerprint density at radius 1 is 1.09 bits per heavy atom. The van der Waals surface area contributed by atoms with Crippen LogP contribution in [-0.4, -0.2) is 25.0 Å². The lowest BCUT2D eigenvalue weighted by atomic mass is 10.3. The Hall–Kier alpha value is -0.820. The van der Waals surface area contributed by atoms with Gasteiger partial charge in [0.15, 0.2) is 0 Å². The first kappa shape index (κ1) is 10.2. The Bertz CT molecular complexity index is 136. The highest BCUT2D eigenvalue weighted by Gasteiger charge is 1.87. The summed E-state index contributed by atoms with van der Waals surface area (Å²) < 4.78 is 0. The quantitative estimate of drug-likeness (QED) is 0.526. The van der Waals surface area contributed by atoms with Gasteiger partial charge in [-0.05, 0) is 13.5 Å². The minimum atomic E-state index is 0.943. The van der Waals surface area contributed by atoms with Crippen LogP contribution in [0.2, 0.25) is 0 Å². The molecule has 0 atom stereocenters. The third-order valence-electron chi connectivity index (χ3n) is 1.33. The molecule has 0 N–H and O–H groups in total.